The number of nitrogens with one attached hydrogen (secondary N) is 1. The Kier molecular flexibility index (Phi) is 9.04. The van der Waals surface area contributed by atoms with E-state index in [2.05, 4.69) is 25.5 Å². The van der Waals surface area contributed by atoms with Crippen molar-refractivity contribution in [1.82, 2.24) is 30.4 Å². The number of tetrazole rings is 1. The number of aromatic amines is 1. The quantitative estimate of drug-likeness (QED) is 0.393. The first kappa shape index (κ1) is 26.6. The molecule has 1 aliphatic carbocycles. The van der Waals surface area contributed by atoms with Gasteiger partial charge in [0, 0.05) is 24.9 Å². The fourth-order valence-electron chi connectivity index (χ4n) is 6.01. The third kappa shape index (κ3) is 6.10. The molecule has 12 nitrogen and oxygen atoms in total. The number of hydrogen-bond acceptors (Lipinski definition) is 11. The van der Waals surface area contributed by atoms with Gasteiger partial charge in [-0.05, 0) is 68.9 Å². The summed E-state index contributed by atoms with van der Waals surface area (Å²) in [5, 5.41) is 14.9. The molecule has 1 N–H and O–H groups in total. The van der Waals surface area contributed by atoms with Gasteiger partial charge in [-0.3, -0.25) is 14.6 Å². The van der Waals surface area contributed by atoms with E-state index in [0.717, 1.165) is 32.4 Å². The molecule has 0 radical (unpaired) electrons. The van der Waals surface area contributed by atoms with Crippen LogP contribution in [0.25, 0.3) is 0 Å². The first-order valence-electron chi connectivity index (χ1n) is 12.7. The Bertz CT molecular complexity index is 904. The van der Waals surface area contributed by atoms with Crippen LogP contribution < -0.4 is 0 Å². The second-order valence-corrected chi connectivity index (χ2v) is 11.0. The predicted molar refractivity (Wildman–Crippen MR) is 129 cm³/mol. The molecule has 1 amide bonds. The van der Waals surface area contributed by atoms with Gasteiger partial charge < -0.3 is 14.2 Å². The number of thioether (sulfide) groups is 1. The van der Waals surface area contributed by atoms with Crippen LogP contribution in [0.5, 0.6) is 0 Å². The first-order chi connectivity index (χ1) is 17.4. The number of likely N-dealkylation sites (tertiary alicyclic amines) is 2. The maximum atomic E-state index is 12.8. The lowest BCUT2D eigenvalue weighted by Crippen LogP contribution is -2.55. The second kappa shape index (κ2) is 12.2. The van der Waals surface area contributed by atoms with Crippen LogP contribution >= 0.6 is 11.8 Å². The highest BCUT2D eigenvalue weighted by Gasteiger charge is 2.46. The van der Waals surface area contributed by atoms with Crippen molar-refractivity contribution in [1.29, 1.82) is 0 Å². The Morgan fingerprint density at radius 3 is 2.42 bits per heavy atom. The molecule has 2 unspecified atom stereocenters. The summed E-state index contributed by atoms with van der Waals surface area (Å²) in [6.45, 7) is 6.26. The van der Waals surface area contributed by atoms with Crippen LogP contribution in [0.2, 0.25) is 0 Å². The zero-order valence-corrected chi connectivity index (χ0v) is 21.9. The van der Waals surface area contributed by atoms with Gasteiger partial charge in [0.15, 0.2) is 0 Å². The van der Waals surface area contributed by atoms with Gasteiger partial charge in [0.25, 0.3) is 0 Å². The fraction of sp³-hybridized carbons (Fsp3) is 0.826. The van der Waals surface area contributed by atoms with E-state index in [-0.39, 0.29) is 29.8 Å². The summed E-state index contributed by atoms with van der Waals surface area (Å²) in [7, 11) is 1.34. The average molecular weight is 525 g/mol. The van der Waals surface area contributed by atoms with Crippen molar-refractivity contribution < 1.29 is 28.6 Å². The molecule has 2 saturated heterocycles. The number of carbonyl (C=O) groups excluding carboxylic acids is 3. The lowest BCUT2D eigenvalue weighted by atomic mass is 9.69. The number of piperidine rings is 1. The highest BCUT2D eigenvalue weighted by molar-refractivity contribution is 7.99. The van der Waals surface area contributed by atoms with Crippen LogP contribution in [0, 0.1) is 17.8 Å². The van der Waals surface area contributed by atoms with Crippen molar-refractivity contribution in [2.75, 3.05) is 40.0 Å². The summed E-state index contributed by atoms with van der Waals surface area (Å²) in [6, 6.07) is -0.910. The molecule has 200 valence electrons. The van der Waals surface area contributed by atoms with Crippen molar-refractivity contribution in [3.8, 4) is 0 Å². The molecule has 36 heavy (non-hydrogen) atoms. The Morgan fingerprint density at radius 2 is 1.75 bits per heavy atom. The Morgan fingerprint density at radius 1 is 1.00 bits per heavy atom. The van der Waals surface area contributed by atoms with Gasteiger partial charge in [-0.2, -0.15) is 5.21 Å². The van der Waals surface area contributed by atoms with E-state index in [1.165, 1.54) is 23.8 Å². The number of carbonyl (C=O) groups is 3. The monoisotopic (exact) mass is 524 g/mol. The van der Waals surface area contributed by atoms with Gasteiger partial charge in [-0.25, -0.2) is 9.59 Å². The molecular formula is C23H36N6O6S. The topological polar surface area (TPSA) is 140 Å². The highest BCUT2D eigenvalue weighted by atomic mass is 32.2. The Labute approximate surface area is 215 Å². The number of aromatic nitrogens is 4. The molecule has 1 saturated carbocycles. The molecule has 1 aromatic rings. The third-order valence-corrected chi connectivity index (χ3v) is 8.62. The van der Waals surface area contributed by atoms with Crippen LogP contribution in [0.3, 0.4) is 0 Å². The summed E-state index contributed by atoms with van der Waals surface area (Å²) in [5.74, 6) is 0.478. The minimum atomic E-state index is -0.618. The van der Waals surface area contributed by atoms with Gasteiger partial charge in [0.1, 0.15) is 12.1 Å². The van der Waals surface area contributed by atoms with Crippen LogP contribution in [0.1, 0.15) is 46.0 Å². The molecule has 13 heteroatoms. The first-order valence-corrected chi connectivity index (χ1v) is 13.6. The van der Waals surface area contributed by atoms with Crippen molar-refractivity contribution in [3.05, 3.63) is 0 Å². The third-order valence-electron chi connectivity index (χ3n) is 7.56. The molecule has 3 aliphatic rings. The zero-order chi connectivity index (χ0) is 25.7. The summed E-state index contributed by atoms with van der Waals surface area (Å²) in [4.78, 5) is 41.6. The van der Waals surface area contributed by atoms with E-state index in [4.69, 9.17) is 14.2 Å². The normalized spacial score (nSPS) is 30.5. The molecule has 2 aliphatic heterocycles. The molecule has 0 aromatic carbocycles. The molecule has 6 atom stereocenters. The maximum absolute atomic E-state index is 12.8. The minimum Gasteiger partial charge on any atom is -0.465 e. The smallest absolute Gasteiger partial charge is 0.410 e. The molecule has 0 spiro atoms. The lowest BCUT2D eigenvalue weighted by molar-refractivity contribution is -0.153. The zero-order valence-electron chi connectivity index (χ0n) is 21.1. The number of ether oxygens (including phenoxy) is 3. The van der Waals surface area contributed by atoms with Gasteiger partial charge in [-0.15, -0.1) is 10.2 Å². The molecule has 3 fully saturated rings. The van der Waals surface area contributed by atoms with E-state index in [0.29, 0.717) is 48.9 Å². The van der Waals surface area contributed by atoms with E-state index in [1.54, 1.807) is 6.92 Å². The van der Waals surface area contributed by atoms with Crippen LogP contribution in [-0.2, 0) is 23.8 Å². The summed E-state index contributed by atoms with van der Waals surface area (Å²) >= 11 is 1.53. The summed E-state index contributed by atoms with van der Waals surface area (Å²) < 4.78 is 15.6. The SMILES string of the molecule is CCOC(=O)C1CC2C[C@@H](CN3C[C@@H](Sc4nn[nH]n4)C[C@H]3C(=O)OCC)CC[C@H]2CN1C(=O)OC. The number of esters is 2. The maximum Gasteiger partial charge on any atom is 0.410 e. The summed E-state index contributed by atoms with van der Waals surface area (Å²) in [5.41, 5.74) is 0. The van der Waals surface area contributed by atoms with Crippen LogP contribution in [0.4, 0.5) is 4.79 Å². The highest BCUT2D eigenvalue weighted by Crippen LogP contribution is 2.43. The Balaban J connectivity index is 1.41. The van der Waals surface area contributed by atoms with Gasteiger partial charge in [-0.1, -0.05) is 11.8 Å². The Hall–Kier alpha value is -2.41. The molecular weight excluding hydrogens is 488 g/mol. The van der Waals surface area contributed by atoms with Crippen molar-refractivity contribution in [3.63, 3.8) is 0 Å². The second-order valence-electron chi connectivity index (χ2n) is 9.72. The van der Waals surface area contributed by atoms with E-state index in [9.17, 15) is 14.4 Å². The largest absolute Gasteiger partial charge is 0.465 e. The number of amides is 1. The number of fused-ring (bicyclic) bond motifs is 1. The minimum absolute atomic E-state index is 0.171. The predicted octanol–water partition coefficient (Wildman–Crippen LogP) is 1.73. The van der Waals surface area contributed by atoms with Crippen molar-refractivity contribution >= 4 is 29.8 Å². The molecule has 0 bridgehead atoms. The van der Waals surface area contributed by atoms with Crippen molar-refractivity contribution in [2.24, 2.45) is 17.8 Å². The van der Waals surface area contributed by atoms with E-state index in [1.807, 2.05) is 6.92 Å². The fourth-order valence-corrected chi connectivity index (χ4v) is 7.03. The molecule has 3 heterocycles. The average Bonchev–Trinajstić information content (AvgIpc) is 3.53. The summed E-state index contributed by atoms with van der Waals surface area (Å²) in [6.07, 6.45) is 3.70. The number of hydrogen-bond donors (Lipinski definition) is 1. The number of rotatable bonds is 8. The molecule has 4 rings (SSSR count). The van der Waals surface area contributed by atoms with Gasteiger partial charge in [0.05, 0.1) is 20.3 Å². The number of nitrogens with zero attached hydrogens (tertiary/aromatic N) is 5. The standard InChI is InChI=1S/C23H36N6O6S/c1-4-34-20(30)18-10-17(36-22-24-26-27-25-22)13-28(18)11-14-6-7-15-12-29(23(32)33-3)19(9-16(15)8-14)21(31)35-5-2/h14-19H,4-13H2,1-3H3,(H,24,25,26,27)/t14-,15-,16?,17-,18-,19?/m0/s1. The van der Waals surface area contributed by atoms with Gasteiger partial charge in [0.2, 0.25) is 5.16 Å². The molecule has 1 aromatic heterocycles. The van der Waals surface area contributed by atoms with E-state index >= 15 is 0 Å². The number of H-pyrrole nitrogens is 1. The van der Waals surface area contributed by atoms with Crippen LogP contribution in [-0.4, -0.2) is 106 Å². The van der Waals surface area contributed by atoms with E-state index < -0.39 is 12.1 Å². The van der Waals surface area contributed by atoms with Crippen molar-refractivity contribution in [2.45, 2.75) is 68.4 Å². The van der Waals surface area contributed by atoms with Gasteiger partial charge >= 0.3 is 18.0 Å². The number of methoxy groups -OCH3 is 1. The van der Waals surface area contributed by atoms with Crippen LogP contribution in [0.15, 0.2) is 5.16 Å². The lowest BCUT2D eigenvalue weighted by Gasteiger charge is -2.46.